The standard InChI is InChI=1S/C15H22BrNOS/c1-6-7-14(17-19(18)15(3,4)5)12-10-11(2)8-9-13(12)16/h6,8-10,14,17H,1,7H2,2-5H3/t14-,19?/m1/s1. The zero-order valence-corrected chi connectivity index (χ0v) is 14.4. The summed E-state index contributed by atoms with van der Waals surface area (Å²) in [6.45, 7) is 11.7. The topological polar surface area (TPSA) is 35.1 Å². The minimum atomic E-state index is -1.10. The van der Waals surface area contributed by atoms with Crippen molar-refractivity contribution in [3.05, 3.63) is 46.5 Å². The lowest BCUT2D eigenvalue weighted by atomic mass is 10.0. The summed E-state index contributed by atoms with van der Waals surface area (Å²) in [5, 5.41) is 0. The lowest BCUT2D eigenvalue weighted by Crippen LogP contribution is -2.41. The Bertz CT molecular complexity index is 442. The van der Waals surface area contributed by atoms with Crippen LogP contribution in [0.5, 0.6) is 0 Å². The van der Waals surface area contributed by atoms with Crippen LogP contribution in [-0.2, 0) is 11.4 Å². The molecule has 0 radical (unpaired) electrons. The second-order valence-corrected chi connectivity index (χ2v) is 8.45. The number of hydrogen-bond donors (Lipinski definition) is 1. The largest absolute Gasteiger partial charge is 0.598 e. The van der Waals surface area contributed by atoms with Crippen LogP contribution in [0.1, 0.15) is 44.4 Å². The maximum Gasteiger partial charge on any atom is 0.136 e. The van der Waals surface area contributed by atoms with Gasteiger partial charge in [0.1, 0.15) is 4.75 Å². The highest BCUT2D eigenvalue weighted by atomic mass is 79.9. The summed E-state index contributed by atoms with van der Waals surface area (Å²) in [6.07, 6.45) is 2.59. The molecule has 0 aromatic heterocycles. The highest BCUT2D eigenvalue weighted by Gasteiger charge is 2.30. The highest BCUT2D eigenvalue weighted by molar-refractivity contribution is 9.10. The Labute approximate surface area is 128 Å². The van der Waals surface area contributed by atoms with Crippen LogP contribution in [0.15, 0.2) is 35.3 Å². The molecule has 0 amide bonds. The first-order valence-corrected chi connectivity index (χ1v) is 8.25. The Morgan fingerprint density at radius 1 is 1.47 bits per heavy atom. The van der Waals surface area contributed by atoms with Crippen LogP contribution in [0.4, 0.5) is 0 Å². The van der Waals surface area contributed by atoms with E-state index in [-0.39, 0.29) is 10.8 Å². The normalized spacial score (nSPS) is 15.1. The molecule has 0 aliphatic rings. The smallest absolute Gasteiger partial charge is 0.136 e. The monoisotopic (exact) mass is 343 g/mol. The Morgan fingerprint density at radius 3 is 2.63 bits per heavy atom. The summed E-state index contributed by atoms with van der Waals surface area (Å²) in [5.74, 6) is 0. The van der Waals surface area contributed by atoms with E-state index in [1.165, 1.54) is 5.56 Å². The van der Waals surface area contributed by atoms with E-state index in [9.17, 15) is 4.55 Å². The van der Waals surface area contributed by atoms with Crippen LogP contribution in [0.2, 0.25) is 0 Å². The summed E-state index contributed by atoms with van der Waals surface area (Å²) in [4.78, 5) is 0. The number of rotatable bonds is 5. The SMILES string of the molecule is C=CC[C@@H](N[S+]([O-])C(C)(C)C)c1cc(C)ccc1Br. The molecule has 19 heavy (non-hydrogen) atoms. The molecule has 1 rings (SSSR count). The number of hydrogen-bond acceptors (Lipinski definition) is 2. The number of aryl methyl sites for hydroxylation is 1. The van der Waals surface area contributed by atoms with E-state index in [1.54, 1.807) is 0 Å². The molecule has 0 aliphatic heterocycles. The van der Waals surface area contributed by atoms with Crippen molar-refractivity contribution in [2.24, 2.45) is 0 Å². The molecule has 1 unspecified atom stereocenters. The average molecular weight is 344 g/mol. The van der Waals surface area contributed by atoms with Crippen molar-refractivity contribution in [2.75, 3.05) is 0 Å². The number of nitrogens with one attached hydrogen (secondary N) is 1. The molecule has 0 spiro atoms. The van der Waals surface area contributed by atoms with Gasteiger partial charge in [-0.2, -0.15) is 0 Å². The van der Waals surface area contributed by atoms with Gasteiger partial charge in [-0.3, -0.25) is 0 Å². The molecule has 0 fully saturated rings. The molecule has 1 aromatic rings. The zero-order valence-electron chi connectivity index (χ0n) is 12.0. The molecule has 0 bridgehead atoms. The van der Waals surface area contributed by atoms with E-state index in [0.29, 0.717) is 0 Å². The van der Waals surface area contributed by atoms with Gasteiger partial charge in [-0.05, 0) is 45.7 Å². The van der Waals surface area contributed by atoms with Gasteiger partial charge in [-0.1, -0.05) is 39.7 Å². The predicted molar refractivity (Wildman–Crippen MR) is 87.5 cm³/mol. The Balaban J connectivity index is 3.00. The molecule has 0 aliphatic carbocycles. The van der Waals surface area contributed by atoms with Crippen LogP contribution < -0.4 is 4.72 Å². The summed E-state index contributed by atoms with van der Waals surface area (Å²) >= 11 is 2.47. The molecule has 0 saturated heterocycles. The third kappa shape index (κ3) is 4.95. The third-order valence-electron chi connectivity index (χ3n) is 2.73. The summed E-state index contributed by atoms with van der Waals surface area (Å²) in [5.41, 5.74) is 2.31. The van der Waals surface area contributed by atoms with Crippen molar-refractivity contribution in [2.45, 2.75) is 44.9 Å². The second kappa shape index (κ2) is 6.93. The van der Waals surface area contributed by atoms with E-state index in [0.717, 1.165) is 16.5 Å². The van der Waals surface area contributed by atoms with Crippen LogP contribution in [0.25, 0.3) is 0 Å². The van der Waals surface area contributed by atoms with E-state index >= 15 is 0 Å². The van der Waals surface area contributed by atoms with Crippen LogP contribution in [0.3, 0.4) is 0 Å². The molecule has 2 atom stereocenters. The molecule has 0 heterocycles. The third-order valence-corrected chi connectivity index (χ3v) is 5.07. The molecule has 1 aromatic carbocycles. The zero-order chi connectivity index (χ0) is 14.6. The van der Waals surface area contributed by atoms with Crippen LogP contribution in [-0.4, -0.2) is 9.30 Å². The molecule has 1 N–H and O–H groups in total. The van der Waals surface area contributed by atoms with E-state index in [4.69, 9.17) is 0 Å². The molecular weight excluding hydrogens is 322 g/mol. The predicted octanol–water partition coefficient (Wildman–Crippen LogP) is 4.43. The quantitative estimate of drug-likeness (QED) is 0.634. The Kier molecular flexibility index (Phi) is 6.12. The van der Waals surface area contributed by atoms with Gasteiger partial charge < -0.3 is 4.55 Å². The van der Waals surface area contributed by atoms with Crippen molar-refractivity contribution in [1.82, 2.24) is 4.72 Å². The number of benzene rings is 1. The van der Waals surface area contributed by atoms with Crippen molar-refractivity contribution >= 4 is 27.3 Å². The van der Waals surface area contributed by atoms with Gasteiger partial charge in [0.25, 0.3) is 0 Å². The van der Waals surface area contributed by atoms with Gasteiger partial charge in [0.05, 0.1) is 6.04 Å². The number of halogens is 1. The maximum atomic E-state index is 12.3. The van der Waals surface area contributed by atoms with Gasteiger partial charge >= 0.3 is 0 Å². The Morgan fingerprint density at radius 2 is 2.11 bits per heavy atom. The van der Waals surface area contributed by atoms with E-state index in [1.807, 2.05) is 32.9 Å². The van der Waals surface area contributed by atoms with Crippen LogP contribution in [0, 0.1) is 6.92 Å². The first kappa shape index (κ1) is 16.8. The lowest BCUT2D eigenvalue weighted by molar-refractivity contribution is 0.523. The first-order chi connectivity index (χ1) is 8.75. The van der Waals surface area contributed by atoms with Gasteiger partial charge in [-0.15, -0.1) is 11.3 Å². The van der Waals surface area contributed by atoms with Crippen molar-refractivity contribution in [1.29, 1.82) is 0 Å². The lowest BCUT2D eigenvalue weighted by Gasteiger charge is -2.28. The summed E-state index contributed by atoms with van der Waals surface area (Å²) in [6, 6.07) is 6.21. The van der Waals surface area contributed by atoms with Crippen molar-refractivity contribution in [3.8, 4) is 0 Å². The second-order valence-electron chi connectivity index (χ2n) is 5.60. The van der Waals surface area contributed by atoms with Gasteiger partial charge in [0, 0.05) is 15.8 Å². The Hall–Kier alpha value is -0.290. The average Bonchev–Trinajstić information content (AvgIpc) is 2.30. The minimum Gasteiger partial charge on any atom is -0.598 e. The fourth-order valence-corrected chi connectivity index (χ4v) is 3.00. The van der Waals surface area contributed by atoms with Gasteiger partial charge in [-0.25, -0.2) is 0 Å². The molecule has 0 saturated carbocycles. The van der Waals surface area contributed by atoms with Crippen molar-refractivity contribution in [3.63, 3.8) is 0 Å². The summed E-state index contributed by atoms with van der Waals surface area (Å²) < 4.78 is 16.2. The fourth-order valence-electron chi connectivity index (χ4n) is 1.64. The first-order valence-electron chi connectivity index (χ1n) is 6.30. The molecular formula is C15H22BrNOS. The maximum absolute atomic E-state index is 12.3. The minimum absolute atomic E-state index is 0.00633. The fraction of sp³-hybridized carbons (Fsp3) is 0.467. The molecule has 2 nitrogen and oxygen atoms in total. The molecule has 4 heteroatoms. The molecule has 106 valence electrons. The summed E-state index contributed by atoms with van der Waals surface area (Å²) in [7, 11) is 0. The van der Waals surface area contributed by atoms with E-state index in [2.05, 4.69) is 46.3 Å². The van der Waals surface area contributed by atoms with Gasteiger partial charge in [0.15, 0.2) is 0 Å². The highest BCUT2D eigenvalue weighted by Crippen LogP contribution is 2.29. The van der Waals surface area contributed by atoms with E-state index < -0.39 is 11.4 Å². The van der Waals surface area contributed by atoms with Gasteiger partial charge in [0.2, 0.25) is 0 Å². The van der Waals surface area contributed by atoms with Crippen LogP contribution >= 0.6 is 15.9 Å². The van der Waals surface area contributed by atoms with Crippen molar-refractivity contribution < 1.29 is 4.55 Å².